The molecule has 148 valence electrons. The molecule has 0 unspecified atom stereocenters. The lowest BCUT2D eigenvalue weighted by Crippen LogP contribution is -2.10. The molecule has 3 rings (SSSR count). The number of phenols is 1. The van der Waals surface area contributed by atoms with E-state index in [-0.39, 0.29) is 5.75 Å². The van der Waals surface area contributed by atoms with Crippen LogP contribution in [-0.2, 0) is 13.0 Å². The molecular weight excluding hydrogens is 364 g/mol. The molecule has 0 saturated carbocycles. The van der Waals surface area contributed by atoms with Crippen LogP contribution >= 0.6 is 0 Å². The maximum absolute atomic E-state index is 10.5. The van der Waals surface area contributed by atoms with Crippen molar-refractivity contribution in [3.05, 3.63) is 96.0 Å². The van der Waals surface area contributed by atoms with Crippen molar-refractivity contribution in [1.82, 2.24) is 4.98 Å². The van der Waals surface area contributed by atoms with Crippen LogP contribution in [0.1, 0.15) is 23.6 Å². The van der Waals surface area contributed by atoms with E-state index in [1.807, 2.05) is 36.4 Å². The Balaban J connectivity index is 1.70. The first-order valence-corrected chi connectivity index (χ1v) is 9.38. The molecule has 1 N–H and O–H groups in total. The summed E-state index contributed by atoms with van der Waals surface area (Å²) >= 11 is 0. The van der Waals surface area contributed by atoms with E-state index >= 15 is 0 Å². The van der Waals surface area contributed by atoms with Crippen LogP contribution in [-0.4, -0.2) is 22.8 Å². The summed E-state index contributed by atoms with van der Waals surface area (Å²) in [6.45, 7) is 6.47. The van der Waals surface area contributed by atoms with Gasteiger partial charge in [-0.05, 0) is 53.9 Å². The molecule has 0 aliphatic rings. The van der Waals surface area contributed by atoms with Crippen molar-refractivity contribution in [3.8, 4) is 17.2 Å². The monoisotopic (exact) mass is 388 g/mol. The van der Waals surface area contributed by atoms with Gasteiger partial charge in [-0.2, -0.15) is 0 Å². The molecule has 0 atom stereocenters. The number of ether oxygens (including phenoxy) is 2. The lowest BCUT2D eigenvalue weighted by atomic mass is 10.1. The molecule has 0 amide bonds. The topological polar surface area (TPSA) is 63.9 Å². The average molecular weight is 388 g/mol. The molecule has 1 heterocycles. The Kier molecular flexibility index (Phi) is 6.63. The predicted octanol–water partition coefficient (Wildman–Crippen LogP) is 4.94. The number of benzene rings is 2. The fourth-order valence-electron chi connectivity index (χ4n) is 2.83. The summed E-state index contributed by atoms with van der Waals surface area (Å²) in [7, 11) is 1.64. The summed E-state index contributed by atoms with van der Waals surface area (Å²) in [5.74, 6) is 1.63. The number of phenolic OH excluding ortho intramolecular Hbond substituents is 1. The van der Waals surface area contributed by atoms with E-state index in [0.29, 0.717) is 35.1 Å². The largest absolute Gasteiger partial charge is 0.507 e. The Hall–Kier alpha value is -3.60. The van der Waals surface area contributed by atoms with E-state index in [2.05, 4.69) is 23.5 Å². The number of hydrogen-bond donors (Lipinski definition) is 1. The summed E-state index contributed by atoms with van der Waals surface area (Å²) < 4.78 is 11.6. The molecule has 29 heavy (non-hydrogen) atoms. The number of aryl methyl sites for hydroxylation is 1. The van der Waals surface area contributed by atoms with Crippen LogP contribution in [0.3, 0.4) is 0 Å². The Bertz CT molecular complexity index is 996. The predicted molar refractivity (Wildman–Crippen MR) is 115 cm³/mol. The van der Waals surface area contributed by atoms with Crippen LogP contribution in [0.4, 0.5) is 0 Å². The van der Waals surface area contributed by atoms with E-state index in [1.165, 1.54) is 5.56 Å². The number of hydrogen-bond acceptors (Lipinski definition) is 5. The normalized spacial score (nSPS) is 11.2. The number of allylic oxidation sites excluding steroid dienone is 1. The summed E-state index contributed by atoms with van der Waals surface area (Å²) in [5, 5.41) is 10.5. The minimum absolute atomic E-state index is 0.0453. The van der Waals surface area contributed by atoms with Gasteiger partial charge >= 0.3 is 0 Å². The van der Waals surface area contributed by atoms with Crippen LogP contribution < -0.4 is 9.47 Å². The average Bonchev–Trinajstić information content (AvgIpc) is 2.75. The highest BCUT2D eigenvalue weighted by molar-refractivity contribution is 6.12. The second kappa shape index (κ2) is 9.55. The zero-order valence-corrected chi connectivity index (χ0v) is 16.6. The van der Waals surface area contributed by atoms with Gasteiger partial charge in [-0.1, -0.05) is 25.6 Å². The number of nitrogens with zero attached hydrogens (tertiary/aromatic N) is 2. The molecule has 0 fully saturated rings. The number of pyridine rings is 1. The van der Waals surface area contributed by atoms with E-state index in [1.54, 1.807) is 37.6 Å². The molecule has 0 spiro atoms. The SMILES string of the molecule is C=C(Oc1ccc(CC)cc1)/C(=N\C)c1ccc(OCc2ccncc2)cc1O. The second-order valence-corrected chi connectivity index (χ2v) is 6.42. The first-order chi connectivity index (χ1) is 14.1. The number of aromatic hydroxyl groups is 1. The van der Waals surface area contributed by atoms with Crippen LogP contribution in [0, 0.1) is 0 Å². The highest BCUT2D eigenvalue weighted by Gasteiger charge is 2.15. The highest BCUT2D eigenvalue weighted by atomic mass is 16.5. The Morgan fingerprint density at radius 1 is 1.00 bits per heavy atom. The van der Waals surface area contributed by atoms with Gasteiger partial charge in [0, 0.05) is 31.1 Å². The van der Waals surface area contributed by atoms with Crippen molar-refractivity contribution in [3.63, 3.8) is 0 Å². The van der Waals surface area contributed by atoms with E-state index in [0.717, 1.165) is 12.0 Å². The van der Waals surface area contributed by atoms with Gasteiger partial charge in [0.05, 0.1) is 0 Å². The summed E-state index contributed by atoms with van der Waals surface area (Å²) in [6.07, 6.45) is 4.39. The van der Waals surface area contributed by atoms with Crippen LogP contribution in [0.25, 0.3) is 0 Å². The molecule has 0 saturated heterocycles. The van der Waals surface area contributed by atoms with E-state index < -0.39 is 0 Å². The van der Waals surface area contributed by atoms with Crippen molar-refractivity contribution in [2.75, 3.05) is 7.05 Å². The first-order valence-electron chi connectivity index (χ1n) is 9.38. The minimum Gasteiger partial charge on any atom is -0.507 e. The molecule has 2 aromatic carbocycles. The van der Waals surface area contributed by atoms with Crippen molar-refractivity contribution in [2.45, 2.75) is 20.0 Å². The molecule has 0 radical (unpaired) electrons. The standard InChI is InChI=1S/C24H24N2O3/c1-4-18-5-7-20(8-6-18)29-17(2)24(25-3)22-10-9-21(15-23(22)27)28-16-19-11-13-26-14-12-19/h5-15,27H,2,4,16H2,1,3H3/b25-24+. The van der Waals surface area contributed by atoms with Gasteiger partial charge in [0.1, 0.15) is 35.3 Å². The third kappa shape index (κ3) is 5.23. The fraction of sp³-hybridized carbons (Fsp3) is 0.167. The molecule has 0 aliphatic carbocycles. The van der Waals surface area contributed by atoms with E-state index in [4.69, 9.17) is 9.47 Å². The maximum Gasteiger partial charge on any atom is 0.146 e. The maximum atomic E-state index is 10.5. The first kappa shape index (κ1) is 20.1. The van der Waals surface area contributed by atoms with Crippen molar-refractivity contribution in [2.24, 2.45) is 4.99 Å². The zero-order valence-electron chi connectivity index (χ0n) is 16.6. The fourth-order valence-corrected chi connectivity index (χ4v) is 2.83. The van der Waals surface area contributed by atoms with Crippen molar-refractivity contribution < 1.29 is 14.6 Å². The number of aromatic nitrogens is 1. The van der Waals surface area contributed by atoms with Gasteiger partial charge in [0.25, 0.3) is 0 Å². The molecule has 0 bridgehead atoms. The van der Waals surface area contributed by atoms with Gasteiger partial charge in [0.15, 0.2) is 0 Å². The van der Waals surface area contributed by atoms with Gasteiger partial charge in [-0.25, -0.2) is 0 Å². The van der Waals surface area contributed by atoms with Crippen LogP contribution in [0.15, 0.2) is 84.3 Å². The van der Waals surface area contributed by atoms with Crippen LogP contribution in [0.2, 0.25) is 0 Å². The molecule has 1 aromatic heterocycles. The summed E-state index contributed by atoms with van der Waals surface area (Å²) in [5.41, 5.74) is 3.23. The molecular formula is C24H24N2O3. The lowest BCUT2D eigenvalue weighted by Gasteiger charge is -2.14. The smallest absolute Gasteiger partial charge is 0.146 e. The Morgan fingerprint density at radius 3 is 2.31 bits per heavy atom. The summed E-state index contributed by atoms with van der Waals surface area (Å²) in [6, 6.07) is 16.7. The van der Waals surface area contributed by atoms with Gasteiger partial charge < -0.3 is 14.6 Å². The quantitative estimate of drug-likeness (QED) is 0.438. The number of rotatable bonds is 8. The highest BCUT2D eigenvalue weighted by Crippen LogP contribution is 2.27. The number of aliphatic imine (C=N–C) groups is 1. The van der Waals surface area contributed by atoms with Crippen molar-refractivity contribution >= 4 is 5.71 Å². The van der Waals surface area contributed by atoms with Crippen LogP contribution in [0.5, 0.6) is 17.2 Å². The molecule has 5 nitrogen and oxygen atoms in total. The lowest BCUT2D eigenvalue weighted by molar-refractivity contribution is 0.304. The van der Waals surface area contributed by atoms with Gasteiger partial charge in [0.2, 0.25) is 0 Å². The molecule has 5 heteroatoms. The van der Waals surface area contributed by atoms with Gasteiger partial charge in [-0.15, -0.1) is 0 Å². The third-order valence-electron chi connectivity index (χ3n) is 4.44. The minimum atomic E-state index is 0.0453. The van der Waals surface area contributed by atoms with Crippen molar-refractivity contribution in [1.29, 1.82) is 0 Å². The third-order valence-corrected chi connectivity index (χ3v) is 4.44. The summed E-state index contributed by atoms with van der Waals surface area (Å²) in [4.78, 5) is 8.24. The van der Waals surface area contributed by atoms with E-state index in [9.17, 15) is 5.11 Å². The molecule has 0 aliphatic heterocycles. The van der Waals surface area contributed by atoms with Gasteiger partial charge in [-0.3, -0.25) is 9.98 Å². The Morgan fingerprint density at radius 2 is 1.69 bits per heavy atom. The molecule has 3 aromatic rings. The zero-order chi connectivity index (χ0) is 20.6. The Labute approximate surface area is 171 Å². The second-order valence-electron chi connectivity index (χ2n) is 6.42.